The molecule has 0 saturated heterocycles. The molecular weight excluding hydrogens is 286 g/mol. The predicted octanol–water partition coefficient (Wildman–Crippen LogP) is 4.87. The predicted molar refractivity (Wildman–Crippen MR) is 82.4 cm³/mol. The summed E-state index contributed by atoms with van der Waals surface area (Å²) in [6, 6.07) is 9.59. The number of halogens is 1. The molecule has 0 atom stereocenters. The number of thiocarbonyl (C=S) groups is 1. The van der Waals surface area contributed by atoms with Crippen LogP contribution in [0.4, 0.5) is 5.69 Å². The highest BCUT2D eigenvalue weighted by Gasteiger charge is 2.03. The smallest absolute Gasteiger partial charge is 0.138 e. The number of nitrogens with one attached hydrogen (secondary N) is 1. The van der Waals surface area contributed by atoms with Crippen LogP contribution >= 0.6 is 35.6 Å². The molecule has 2 nitrogen and oxygen atoms in total. The summed E-state index contributed by atoms with van der Waals surface area (Å²) in [6.45, 7) is 1.97. The molecule has 0 aliphatic carbocycles. The second kappa shape index (κ2) is 6.27. The first-order valence-corrected chi connectivity index (χ1v) is 7.14. The first-order chi connectivity index (χ1) is 8.65. The fourth-order valence-electron chi connectivity index (χ4n) is 1.36. The molecule has 0 spiro atoms. The van der Waals surface area contributed by atoms with Gasteiger partial charge in [0.15, 0.2) is 0 Å². The number of benzene rings is 1. The minimum Gasteiger partial charge on any atom is -0.468 e. The van der Waals surface area contributed by atoms with Crippen LogP contribution in [0.15, 0.2) is 41.0 Å². The molecule has 0 aliphatic rings. The van der Waals surface area contributed by atoms with Gasteiger partial charge in [0.25, 0.3) is 0 Å². The zero-order chi connectivity index (χ0) is 13.0. The highest BCUT2D eigenvalue weighted by molar-refractivity contribution is 8.22. The molecule has 1 aromatic heterocycles. The Balaban J connectivity index is 1.88. The van der Waals surface area contributed by atoms with Crippen LogP contribution in [0.5, 0.6) is 0 Å². The van der Waals surface area contributed by atoms with E-state index in [0.717, 1.165) is 27.8 Å². The van der Waals surface area contributed by atoms with Crippen LogP contribution in [-0.2, 0) is 5.75 Å². The molecule has 1 heterocycles. The normalized spacial score (nSPS) is 10.3. The van der Waals surface area contributed by atoms with Crippen molar-refractivity contribution in [3.8, 4) is 0 Å². The molecule has 0 radical (unpaired) electrons. The monoisotopic (exact) mass is 297 g/mol. The number of anilines is 1. The van der Waals surface area contributed by atoms with E-state index < -0.39 is 0 Å². The summed E-state index contributed by atoms with van der Waals surface area (Å²) in [7, 11) is 0. The van der Waals surface area contributed by atoms with Gasteiger partial charge in [-0.15, -0.1) is 0 Å². The summed E-state index contributed by atoms with van der Waals surface area (Å²) >= 11 is 12.8. The van der Waals surface area contributed by atoms with Crippen LogP contribution in [0.2, 0.25) is 5.02 Å². The molecule has 0 fully saturated rings. The quantitative estimate of drug-likeness (QED) is 0.817. The van der Waals surface area contributed by atoms with Crippen molar-refractivity contribution in [2.45, 2.75) is 12.7 Å². The molecule has 0 unspecified atom stereocenters. The van der Waals surface area contributed by atoms with E-state index in [4.69, 9.17) is 28.2 Å². The molecule has 18 heavy (non-hydrogen) atoms. The van der Waals surface area contributed by atoms with Crippen LogP contribution in [0, 0.1) is 6.92 Å². The lowest BCUT2D eigenvalue weighted by atomic mass is 10.2. The molecule has 1 N–H and O–H groups in total. The van der Waals surface area contributed by atoms with Crippen molar-refractivity contribution >= 4 is 45.6 Å². The Morgan fingerprint density at radius 2 is 2.28 bits per heavy atom. The Labute approximate surface area is 121 Å². The maximum Gasteiger partial charge on any atom is 0.138 e. The molecule has 1 aromatic carbocycles. The first-order valence-electron chi connectivity index (χ1n) is 5.37. The van der Waals surface area contributed by atoms with E-state index in [0.29, 0.717) is 4.32 Å². The minimum absolute atomic E-state index is 0.700. The van der Waals surface area contributed by atoms with Crippen molar-refractivity contribution in [1.82, 2.24) is 0 Å². The number of aryl methyl sites for hydroxylation is 1. The SMILES string of the molecule is Cc1ccc(NC(=S)SCc2ccco2)cc1Cl. The molecule has 0 aliphatic heterocycles. The van der Waals surface area contributed by atoms with Gasteiger partial charge in [0.2, 0.25) is 0 Å². The Kier molecular flexibility index (Phi) is 4.69. The third-order valence-electron chi connectivity index (χ3n) is 2.34. The topological polar surface area (TPSA) is 25.2 Å². The second-order valence-electron chi connectivity index (χ2n) is 3.74. The van der Waals surface area contributed by atoms with E-state index in [9.17, 15) is 0 Å². The standard InChI is InChI=1S/C13H12ClNOS2/c1-9-4-5-10(7-12(9)14)15-13(17)18-8-11-3-2-6-16-11/h2-7H,8H2,1H3,(H,15,17). The second-order valence-corrected chi connectivity index (χ2v) is 5.80. The third kappa shape index (κ3) is 3.77. The average molecular weight is 298 g/mol. The van der Waals surface area contributed by atoms with Gasteiger partial charge >= 0.3 is 0 Å². The van der Waals surface area contributed by atoms with Crippen molar-refractivity contribution in [2.75, 3.05) is 5.32 Å². The zero-order valence-electron chi connectivity index (χ0n) is 9.77. The Morgan fingerprint density at radius 3 is 2.94 bits per heavy atom. The molecule has 5 heteroatoms. The summed E-state index contributed by atoms with van der Waals surface area (Å²) in [5.41, 5.74) is 1.96. The summed E-state index contributed by atoms with van der Waals surface area (Å²) < 4.78 is 5.94. The Hall–Kier alpha value is -0.970. The van der Waals surface area contributed by atoms with E-state index in [-0.39, 0.29) is 0 Å². The first kappa shape index (κ1) is 13.5. The van der Waals surface area contributed by atoms with Crippen molar-refractivity contribution in [2.24, 2.45) is 0 Å². The highest BCUT2D eigenvalue weighted by Crippen LogP contribution is 2.22. The molecule has 0 saturated carbocycles. The van der Waals surface area contributed by atoms with Crippen molar-refractivity contribution < 1.29 is 4.42 Å². The van der Waals surface area contributed by atoms with Gasteiger partial charge in [-0.25, -0.2) is 0 Å². The summed E-state index contributed by atoms with van der Waals surface area (Å²) in [5, 5.41) is 3.88. The number of hydrogen-bond donors (Lipinski definition) is 1. The van der Waals surface area contributed by atoms with E-state index in [1.807, 2.05) is 37.3 Å². The Bertz CT molecular complexity index is 540. The molecule has 94 valence electrons. The third-order valence-corrected chi connectivity index (χ3v) is 4.00. The van der Waals surface area contributed by atoms with E-state index in [1.54, 1.807) is 6.26 Å². The number of hydrogen-bond acceptors (Lipinski definition) is 3. The van der Waals surface area contributed by atoms with Gasteiger partial charge in [-0.3, -0.25) is 0 Å². The summed E-state index contributed by atoms with van der Waals surface area (Å²) in [5.74, 6) is 1.63. The van der Waals surface area contributed by atoms with Gasteiger partial charge in [0, 0.05) is 10.7 Å². The number of furan rings is 1. The molecule has 0 amide bonds. The van der Waals surface area contributed by atoms with Crippen LogP contribution in [0.25, 0.3) is 0 Å². The van der Waals surface area contributed by atoms with Gasteiger partial charge in [0.1, 0.15) is 10.1 Å². The van der Waals surface area contributed by atoms with Crippen LogP contribution in [-0.4, -0.2) is 4.32 Å². The average Bonchev–Trinajstić information content (AvgIpc) is 2.84. The maximum absolute atomic E-state index is 6.05. The molecule has 0 bridgehead atoms. The van der Waals surface area contributed by atoms with Gasteiger partial charge < -0.3 is 9.73 Å². The largest absolute Gasteiger partial charge is 0.468 e. The van der Waals surface area contributed by atoms with Gasteiger partial charge in [0.05, 0.1) is 12.0 Å². The number of rotatable bonds is 3. The molecule has 2 rings (SSSR count). The highest BCUT2D eigenvalue weighted by atomic mass is 35.5. The van der Waals surface area contributed by atoms with Crippen molar-refractivity contribution in [3.63, 3.8) is 0 Å². The van der Waals surface area contributed by atoms with Crippen molar-refractivity contribution in [3.05, 3.63) is 52.9 Å². The van der Waals surface area contributed by atoms with Gasteiger partial charge in [-0.05, 0) is 36.8 Å². The lowest BCUT2D eigenvalue weighted by Crippen LogP contribution is -2.04. The van der Waals surface area contributed by atoms with Gasteiger partial charge in [-0.1, -0.05) is 41.6 Å². The van der Waals surface area contributed by atoms with Crippen LogP contribution < -0.4 is 5.32 Å². The lowest BCUT2D eigenvalue weighted by molar-refractivity contribution is 0.530. The van der Waals surface area contributed by atoms with Crippen molar-refractivity contribution in [1.29, 1.82) is 0 Å². The maximum atomic E-state index is 6.05. The van der Waals surface area contributed by atoms with E-state index in [2.05, 4.69) is 5.32 Å². The Morgan fingerprint density at radius 1 is 1.44 bits per heavy atom. The molecular formula is C13H12ClNOS2. The fraction of sp³-hybridized carbons (Fsp3) is 0.154. The van der Waals surface area contributed by atoms with Gasteiger partial charge in [-0.2, -0.15) is 0 Å². The zero-order valence-corrected chi connectivity index (χ0v) is 12.2. The van der Waals surface area contributed by atoms with Crippen LogP contribution in [0.3, 0.4) is 0 Å². The number of thioether (sulfide) groups is 1. The summed E-state index contributed by atoms with van der Waals surface area (Å²) in [6.07, 6.45) is 1.66. The molecule has 2 aromatic rings. The van der Waals surface area contributed by atoms with Crippen LogP contribution in [0.1, 0.15) is 11.3 Å². The van der Waals surface area contributed by atoms with E-state index >= 15 is 0 Å². The lowest BCUT2D eigenvalue weighted by Gasteiger charge is -2.08. The van der Waals surface area contributed by atoms with E-state index in [1.165, 1.54) is 11.8 Å². The minimum atomic E-state index is 0.700. The summed E-state index contributed by atoms with van der Waals surface area (Å²) in [4.78, 5) is 0. The fourth-order valence-corrected chi connectivity index (χ4v) is 2.46.